The molecule has 1 N–H and O–H groups in total. The molecule has 0 saturated heterocycles. The molecule has 1 aliphatic rings. The molecule has 1 aliphatic carbocycles. The number of thioether (sulfide) groups is 1. The van der Waals surface area contributed by atoms with Crippen LogP contribution >= 0.6 is 11.8 Å². The van der Waals surface area contributed by atoms with Crippen LogP contribution in [0, 0.1) is 6.92 Å². The summed E-state index contributed by atoms with van der Waals surface area (Å²) >= 11 is 1.97. The first-order valence-electron chi connectivity index (χ1n) is 7.11. The summed E-state index contributed by atoms with van der Waals surface area (Å²) in [5, 5.41) is 5.35. The molecule has 106 valence electrons. The lowest BCUT2D eigenvalue weighted by atomic mass is 10.2. The standard InChI is InChI=1S/C15H24N2OS/c1-12-9-13(10-16-7-8-18-2)11-17-15(12)19-14-5-3-4-6-14/h9,11,14,16H,3-8,10H2,1-2H3. The zero-order valence-corrected chi connectivity index (χ0v) is 12.8. The third-order valence-electron chi connectivity index (χ3n) is 3.48. The van der Waals surface area contributed by atoms with Gasteiger partial charge in [0, 0.05) is 31.6 Å². The third-order valence-corrected chi connectivity index (χ3v) is 4.93. The lowest BCUT2D eigenvalue weighted by Gasteiger charge is -2.11. The summed E-state index contributed by atoms with van der Waals surface area (Å²) in [5.74, 6) is 0. The number of nitrogens with zero attached hydrogens (tertiary/aromatic N) is 1. The van der Waals surface area contributed by atoms with Crippen molar-refractivity contribution >= 4 is 11.8 Å². The van der Waals surface area contributed by atoms with E-state index in [4.69, 9.17) is 4.74 Å². The minimum absolute atomic E-state index is 0.752. The van der Waals surface area contributed by atoms with Gasteiger partial charge in [-0.2, -0.15) is 0 Å². The number of ether oxygens (including phenoxy) is 1. The van der Waals surface area contributed by atoms with Crippen LogP contribution in [0.2, 0.25) is 0 Å². The number of rotatable bonds is 7. The smallest absolute Gasteiger partial charge is 0.0991 e. The molecule has 0 aliphatic heterocycles. The minimum atomic E-state index is 0.752. The number of nitrogens with one attached hydrogen (secondary N) is 1. The van der Waals surface area contributed by atoms with Gasteiger partial charge in [0.1, 0.15) is 0 Å². The molecule has 0 aromatic carbocycles. The lowest BCUT2D eigenvalue weighted by Crippen LogP contribution is -2.18. The van der Waals surface area contributed by atoms with E-state index in [0.29, 0.717) is 0 Å². The van der Waals surface area contributed by atoms with E-state index in [1.54, 1.807) is 7.11 Å². The van der Waals surface area contributed by atoms with Gasteiger partial charge in [0.15, 0.2) is 0 Å². The molecule has 4 heteroatoms. The average molecular weight is 280 g/mol. The fraction of sp³-hybridized carbons (Fsp3) is 0.667. The maximum absolute atomic E-state index is 5.02. The lowest BCUT2D eigenvalue weighted by molar-refractivity contribution is 0.199. The van der Waals surface area contributed by atoms with Crippen LogP contribution in [0.15, 0.2) is 17.3 Å². The van der Waals surface area contributed by atoms with E-state index < -0.39 is 0 Å². The molecule has 0 unspecified atom stereocenters. The molecule has 0 atom stereocenters. The van der Waals surface area contributed by atoms with Crippen molar-refractivity contribution in [2.75, 3.05) is 20.3 Å². The van der Waals surface area contributed by atoms with Crippen LogP contribution in [0.25, 0.3) is 0 Å². The van der Waals surface area contributed by atoms with Gasteiger partial charge >= 0.3 is 0 Å². The van der Waals surface area contributed by atoms with E-state index in [-0.39, 0.29) is 0 Å². The number of hydrogen-bond acceptors (Lipinski definition) is 4. The zero-order chi connectivity index (χ0) is 13.5. The Morgan fingerprint density at radius 2 is 2.21 bits per heavy atom. The molecule has 0 amide bonds. The highest BCUT2D eigenvalue weighted by atomic mass is 32.2. The van der Waals surface area contributed by atoms with Crippen LogP contribution in [0.1, 0.15) is 36.8 Å². The van der Waals surface area contributed by atoms with Crippen LogP contribution in [-0.4, -0.2) is 30.5 Å². The summed E-state index contributed by atoms with van der Waals surface area (Å²) in [6.45, 7) is 4.67. The van der Waals surface area contributed by atoms with E-state index in [2.05, 4.69) is 23.3 Å². The fourth-order valence-corrected chi connectivity index (χ4v) is 3.65. The average Bonchev–Trinajstić information content (AvgIpc) is 2.91. The highest BCUT2D eigenvalue weighted by Crippen LogP contribution is 2.35. The van der Waals surface area contributed by atoms with Gasteiger partial charge in [-0.05, 0) is 30.9 Å². The molecule has 3 nitrogen and oxygen atoms in total. The predicted molar refractivity (Wildman–Crippen MR) is 80.7 cm³/mol. The Labute approximate surface area is 120 Å². The summed E-state index contributed by atoms with van der Waals surface area (Å²) in [5.41, 5.74) is 2.56. The zero-order valence-electron chi connectivity index (χ0n) is 11.9. The molecule has 0 bridgehead atoms. The van der Waals surface area contributed by atoms with Crippen LogP contribution in [0.3, 0.4) is 0 Å². The number of aromatic nitrogens is 1. The van der Waals surface area contributed by atoms with E-state index in [1.165, 1.54) is 41.8 Å². The van der Waals surface area contributed by atoms with Crippen molar-refractivity contribution in [2.45, 2.75) is 49.4 Å². The molecular formula is C15H24N2OS. The normalized spacial score (nSPS) is 16.1. The second-order valence-electron chi connectivity index (χ2n) is 5.16. The van der Waals surface area contributed by atoms with Crippen molar-refractivity contribution in [1.29, 1.82) is 0 Å². The van der Waals surface area contributed by atoms with Gasteiger partial charge in [-0.15, -0.1) is 11.8 Å². The maximum atomic E-state index is 5.02. The van der Waals surface area contributed by atoms with Crippen LogP contribution in [0.5, 0.6) is 0 Å². The monoisotopic (exact) mass is 280 g/mol. The summed E-state index contributed by atoms with van der Waals surface area (Å²) in [6, 6.07) is 2.25. The van der Waals surface area contributed by atoms with Crippen LogP contribution in [-0.2, 0) is 11.3 Å². The molecule has 1 saturated carbocycles. The summed E-state index contributed by atoms with van der Waals surface area (Å²) < 4.78 is 5.02. The molecule has 0 radical (unpaired) electrons. The van der Waals surface area contributed by atoms with E-state index >= 15 is 0 Å². The van der Waals surface area contributed by atoms with Gasteiger partial charge in [0.2, 0.25) is 0 Å². The molecule has 1 heterocycles. The van der Waals surface area contributed by atoms with Crippen LogP contribution in [0.4, 0.5) is 0 Å². The second-order valence-corrected chi connectivity index (χ2v) is 6.45. The van der Waals surface area contributed by atoms with Crippen LogP contribution < -0.4 is 5.32 Å². The van der Waals surface area contributed by atoms with E-state index in [1.807, 2.05) is 18.0 Å². The van der Waals surface area contributed by atoms with Gasteiger partial charge in [0.25, 0.3) is 0 Å². The van der Waals surface area contributed by atoms with E-state index in [0.717, 1.165) is 24.9 Å². The number of pyridine rings is 1. The third kappa shape index (κ3) is 4.79. The topological polar surface area (TPSA) is 34.1 Å². The maximum Gasteiger partial charge on any atom is 0.0991 e. The Hall–Kier alpha value is -0.580. The molecule has 1 fully saturated rings. The number of hydrogen-bond donors (Lipinski definition) is 1. The first-order chi connectivity index (χ1) is 9.29. The van der Waals surface area contributed by atoms with Gasteiger partial charge < -0.3 is 10.1 Å². The largest absolute Gasteiger partial charge is 0.383 e. The molecule has 19 heavy (non-hydrogen) atoms. The second kappa shape index (κ2) is 7.88. The molecule has 1 aromatic rings. The van der Waals surface area contributed by atoms with Gasteiger partial charge in [-0.3, -0.25) is 0 Å². The fourth-order valence-electron chi connectivity index (χ4n) is 2.41. The van der Waals surface area contributed by atoms with Gasteiger partial charge in [-0.25, -0.2) is 4.98 Å². The first-order valence-corrected chi connectivity index (χ1v) is 7.99. The summed E-state index contributed by atoms with van der Waals surface area (Å²) in [6.07, 6.45) is 7.48. The summed E-state index contributed by atoms with van der Waals surface area (Å²) in [4.78, 5) is 4.63. The van der Waals surface area contributed by atoms with Crippen molar-refractivity contribution in [3.8, 4) is 0 Å². The van der Waals surface area contributed by atoms with Crippen molar-refractivity contribution in [1.82, 2.24) is 10.3 Å². The van der Waals surface area contributed by atoms with Gasteiger partial charge in [-0.1, -0.05) is 18.9 Å². The quantitative estimate of drug-likeness (QED) is 0.778. The Morgan fingerprint density at radius 3 is 2.89 bits per heavy atom. The van der Waals surface area contributed by atoms with Crippen molar-refractivity contribution < 1.29 is 4.74 Å². The molecule has 1 aromatic heterocycles. The predicted octanol–water partition coefficient (Wildman–Crippen LogP) is 3.16. The van der Waals surface area contributed by atoms with E-state index in [9.17, 15) is 0 Å². The SMILES string of the molecule is COCCNCc1cnc(SC2CCCC2)c(C)c1. The highest BCUT2D eigenvalue weighted by Gasteiger charge is 2.17. The first kappa shape index (κ1) is 14.8. The van der Waals surface area contributed by atoms with Crippen molar-refractivity contribution in [3.63, 3.8) is 0 Å². The Bertz CT molecular complexity index is 392. The molecule has 0 spiro atoms. The molecule has 2 rings (SSSR count). The minimum Gasteiger partial charge on any atom is -0.383 e. The number of methoxy groups -OCH3 is 1. The molecular weight excluding hydrogens is 256 g/mol. The Morgan fingerprint density at radius 1 is 1.42 bits per heavy atom. The van der Waals surface area contributed by atoms with Crippen molar-refractivity contribution in [3.05, 3.63) is 23.4 Å². The van der Waals surface area contributed by atoms with Crippen molar-refractivity contribution in [2.24, 2.45) is 0 Å². The number of aryl methyl sites for hydroxylation is 1. The summed E-state index contributed by atoms with van der Waals surface area (Å²) in [7, 11) is 1.72. The Balaban J connectivity index is 1.85. The van der Waals surface area contributed by atoms with Gasteiger partial charge in [0.05, 0.1) is 11.6 Å². The Kier molecular flexibility index (Phi) is 6.14. The highest BCUT2D eigenvalue weighted by molar-refractivity contribution is 7.99.